The van der Waals surface area contributed by atoms with E-state index in [9.17, 15) is 9.59 Å². The Kier molecular flexibility index (Phi) is 8.62. The normalized spacial score (nSPS) is 31.0. The molecule has 0 aliphatic heterocycles. The minimum Gasteiger partial charge on any atom is -0.414 e. The van der Waals surface area contributed by atoms with Gasteiger partial charge in [0.25, 0.3) is 0 Å². The van der Waals surface area contributed by atoms with Crippen LogP contribution in [0.4, 0.5) is 0 Å². The molecule has 0 aromatic rings. The maximum Gasteiger partial charge on any atom is 0.192 e. The molecule has 5 nitrogen and oxygen atoms in total. The zero-order valence-electron chi connectivity index (χ0n) is 20.0. The summed E-state index contributed by atoms with van der Waals surface area (Å²) in [6.45, 7) is 20.9. The average Bonchev–Trinajstić information content (AvgIpc) is 2.57. The minimum atomic E-state index is -2.07. The lowest BCUT2D eigenvalue weighted by atomic mass is 9.54. The first kappa shape index (κ1) is 26.2. The molecule has 0 bridgehead atoms. The summed E-state index contributed by atoms with van der Waals surface area (Å²) >= 11 is 0. The number of ether oxygens (including phenoxy) is 2. The van der Waals surface area contributed by atoms with Crippen LogP contribution in [0, 0.1) is 16.7 Å². The first-order valence-electron chi connectivity index (χ1n) is 10.6. The standard InChI is InChI=1S/C23H42O5Si/c1-11-12-23(13-17(2)24)14-19(28-29(9,10)21(4,5)6)18(3)22(7,20(23)25)15-27-16-26-8/h11,18-19H,1,12-16H2,2-10H3/t18-,19+,22-,23-/m0/s1. The van der Waals surface area contributed by atoms with Gasteiger partial charge >= 0.3 is 0 Å². The third kappa shape index (κ3) is 5.66. The van der Waals surface area contributed by atoms with Crippen molar-refractivity contribution < 1.29 is 23.5 Å². The predicted molar refractivity (Wildman–Crippen MR) is 119 cm³/mol. The molecule has 4 atom stereocenters. The molecule has 6 heteroatoms. The first-order valence-corrected chi connectivity index (χ1v) is 13.5. The van der Waals surface area contributed by atoms with Crippen LogP contribution >= 0.6 is 0 Å². The molecule has 1 aliphatic rings. The van der Waals surface area contributed by atoms with Crippen molar-refractivity contribution in [2.45, 2.75) is 85.0 Å². The van der Waals surface area contributed by atoms with Gasteiger partial charge in [-0.3, -0.25) is 9.59 Å². The van der Waals surface area contributed by atoms with E-state index in [4.69, 9.17) is 13.9 Å². The Morgan fingerprint density at radius 3 is 2.38 bits per heavy atom. The van der Waals surface area contributed by atoms with Crippen molar-refractivity contribution in [3.63, 3.8) is 0 Å². The van der Waals surface area contributed by atoms with Crippen molar-refractivity contribution >= 4 is 19.9 Å². The van der Waals surface area contributed by atoms with E-state index < -0.39 is 19.1 Å². The lowest BCUT2D eigenvalue weighted by molar-refractivity contribution is -0.168. The number of hydrogen-bond acceptors (Lipinski definition) is 5. The van der Waals surface area contributed by atoms with Gasteiger partial charge in [-0.25, -0.2) is 0 Å². The Labute approximate surface area is 178 Å². The molecule has 1 aliphatic carbocycles. The molecule has 0 saturated heterocycles. The Bertz CT molecular complexity index is 609. The van der Waals surface area contributed by atoms with Crippen molar-refractivity contribution in [1.82, 2.24) is 0 Å². The number of ketones is 2. The molecular formula is C23H42O5Si. The monoisotopic (exact) mass is 426 g/mol. The van der Waals surface area contributed by atoms with Gasteiger partial charge in [-0.05, 0) is 43.8 Å². The quantitative estimate of drug-likeness (QED) is 0.209. The second-order valence-electron chi connectivity index (χ2n) is 10.6. The molecule has 1 fully saturated rings. The number of hydrogen-bond donors (Lipinski definition) is 0. The van der Waals surface area contributed by atoms with Crippen LogP contribution in [0.3, 0.4) is 0 Å². The topological polar surface area (TPSA) is 61.8 Å². The molecule has 0 unspecified atom stereocenters. The number of allylic oxidation sites excluding steroid dienone is 1. The van der Waals surface area contributed by atoms with Crippen molar-refractivity contribution in [2.24, 2.45) is 16.7 Å². The van der Waals surface area contributed by atoms with Gasteiger partial charge in [0.05, 0.1) is 12.0 Å². The van der Waals surface area contributed by atoms with Gasteiger partial charge in [0.1, 0.15) is 18.4 Å². The summed E-state index contributed by atoms with van der Waals surface area (Å²) in [4.78, 5) is 26.0. The van der Waals surface area contributed by atoms with E-state index in [2.05, 4.69) is 47.4 Å². The summed E-state index contributed by atoms with van der Waals surface area (Å²) in [5.74, 6) is 0.0608. The van der Waals surface area contributed by atoms with Gasteiger partial charge in [0, 0.05) is 25.0 Å². The summed E-state index contributed by atoms with van der Waals surface area (Å²) < 4.78 is 17.6. The van der Waals surface area contributed by atoms with Gasteiger partial charge in [-0.1, -0.05) is 40.7 Å². The number of methoxy groups -OCH3 is 1. The van der Waals surface area contributed by atoms with Crippen LogP contribution in [0.5, 0.6) is 0 Å². The molecule has 1 saturated carbocycles. The fourth-order valence-electron chi connectivity index (χ4n) is 4.26. The van der Waals surface area contributed by atoms with Crippen LogP contribution in [0.2, 0.25) is 18.1 Å². The third-order valence-corrected chi connectivity index (χ3v) is 11.6. The Hall–Kier alpha value is -0.823. The number of rotatable bonds is 10. The molecule has 0 heterocycles. The van der Waals surface area contributed by atoms with E-state index in [0.717, 1.165) is 0 Å². The van der Waals surface area contributed by atoms with E-state index in [1.807, 2.05) is 6.92 Å². The summed E-state index contributed by atoms with van der Waals surface area (Å²) in [5.41, 5.74) is -1.55. The van der Waals surface area contributed by atoms with Crippen molar-refractivity contribution in [1.29, 1.82) is 0 Å². The van der Waals surface area contributed by atoms with Gasteiger partial charge in [-0.2, -0.15) is 0 Å². The summed E-state index contributed by atoms with van der Waals surface area (Å²) in [6.07, 6.45) is 2.86. The zero-order valence-corrected chi connectivity index (χ0v) is 21.0. The molecule has 0 spiro atoms. The average molecular weight is 427 g/mol. The second kappa shape index (κ2) is 9.54. The zero-order chi connectivity index (χ0) is 22.7. The molecule has 0 aromatic heterocycles. The summed E-state index contributed by atoms with van der Waals surface area (Å²) in [7, 11) is -0.505. The van der Waals surface area contributed by atoms with E-state index in [1.54, 1.807) is 20.1 Å². The highest BCUT2D eigenvalue weighted by atomic mass is 28.4. The largest absolute Gasteiger partial charge is 0.414 e. The van der Waals surface area contributed by atoms with Gasteiger partial charge in [0.2, 0.25) is 0 Å². The van der Waals surface area contributed by atoms with Gasteiger partial charge in [0.15, 0.2) is 8.32 Å². The van der Waals surface area contributed by atoms with Crippen molar-refractivity contribution in [2.75, 3.05) is 20.5 Å². The molecule has 0 radical (unpaired) electrons. The molecule has 1 rings (SSSR count). The smallest absolute Gasteiger partial charge is 0.192 e. The SMILES string of the molecule is C=CC[C@]1(CC(C)=O)C[C@@H](O[Si](C)(C)C(C)(C)C)[C@H](C)[C@](C)(COCOC)C1=O. The van der Waals surface area contributed by atoms with Crippen molar-refractivity contribution in [3.8, 4) is 0 Å². The molecular weight excluding hydrogens is 384 g/mol. The Balaban J connectivity index is 3.44. The van der Waals surface area contributed by atoms with Crippen molar-refractivity contribution in [3.05, 3.63) is 12.7 Å². The molecule has 0 aromatic carbocycles. The Morgan fingerprint density at radius 1 is 1.34 bits per heavy atom. The highest BCUT2D eigenvalue weighted by Crippen LogP contribution is 2.53. The van der Waals surface area contributed by atoms with Crippen LogP contribution in [-0.2, 0) is 23.5 Å². The maximum absolute atomic E-state index is 13.8. The summed E-state index contributed by atoms with van der Waals surface area (Å²) in [6, 6.07) is 0. The maximum atomic E-state index is 13.8. The highest BCUT2D eigenvalue weighted by molar-refractivity contribution is 6.74. The first-order chi connectivity index (χ1) is 13.2. The third-order valence-electron chi connectivity index (χ3n) is 7.13. The van der Waals surface area contributed by atoms with Crippen LogP contribution in [0.1, 0.15) is 60.8 Å². The highest BCUT2D eigenvalue weighted by Gasteiger charge is 2.59. The molecule has 29 heavy (non-hydrogen) atoms. The van der Waals surface area contributed by atoms with Crippen LogP contribution in [0.15, 0.2) is 12.7 Å². The van der Waals surface area contributed by atoms with E-state index in [-0.39, 0.29) is 48.4 Å². The van der Waals surface area contributed by atoms with Gasteiger partial charge in [-0.15, -0.1) is 6.58 Å². The molecule has 0 N–H and O–H groups in total. The molecule has 168 valence electrons. The number of Topliss-reactive ketones (excluding diaryl/α,β-unsaturated/α-hetero) is 2. The number of carbonyl (C=O) groups is 2. The Morgan fingerprint density at radius 2 is 1.93 bits per heavy atom. The fourth-order valence-corrected chi connectivity index (χ4v) is 5.66. The lowest BCUT2D eigenvalue weighted by Crippen LogP contribution is -2.60. The van der Waals surface area contributed by atoms with Crippen LogP contribution < -0.4 is 0 Å². The lowest BCUT2D eigenvalue weighted by Gasteiger charge is -2.53. The second-order valence-corrected chi connectivity index (χ2v) is 15.3. The molecule has 0 amide bonds. The van der Waals surface area contributed by atoms with Crippen LogP contribution in [-0.4, -0.2) is 46.5 Å². The van der Waals surface area contributed by atoms with Crippen LogP contribution in [0.25, 0.3) is 0 Å². The fraction of sp³-hybridized carbons (Fsp3) is 0.826. The summed E-state index contributed by atoms with van der Waals surface area (Å²) in [5, 5.41) is 0.0544. The van der Waals surface area contributed by atoms with E-state index >= 15 is 0 Å². The van der Waals surface area contributed by atoms with E-state index in [1.165, 1.54) is 0 Å². The van der Waals surface area contributed by atoms with Gasteiger partial charge < -0.3 is 13.9 Å². The predicted octanol–water partition coefficient (Wildman–Crippen LogP) is 5.15. The number of carbonyl (C=O) groups excluding carboxylic acids is 2. The van der Waals surface area contributed by atoms with E-state index in [0.29, 0.717) is 12.8 Å². The minimum absolute atomic E-state index is 0.0148.